The fraction of sp³-hybridized carbons (Fsp3) is 0.636. The Bertz CT molecular complexity index is 299. The van der Waals surface area contributed by atoms with Gasteiger partial charge in [0.25, 0.3) is 0 Å². The molecule has 1 aliphatic rings. The molecule has 15 heavy (non-hydrogen) atoms. The van der Waals surface area contributed by atoms with Gasteiger partial charge in [-0.15, -0.1) is 11.3 Å². The second kappa shape index (κ2) is 5.34. The lowest BCUT2D eigenvalue weighted by Crippen LogP contribution is -2.32. The van der Waals surface area contributed by atoms with Crippen molar-refractivity contribution in [2.45, 2.75) is 31.7 Å². The van der Waals surface area contributed by atoms with Gasteiger partial charge < -0.3 is 11.1 Å². The van der Waals surface area contributed by atoms with Crippen LogP contribution in [0.4, 0.5) is 0 Å². The van der Waals surface area contributed by atoms with E-state index in [1.54, 1.807) is 10.4 Å². The van der Waals surface area contributed by atoms with E-state index < -0.39 is 0 Å². The highest BCUT2D eigenvalue weighted by atomic mass is 32.2. The molecule has 0 saturated carbocycles. The van der Waals surface area contributed by atoms with Crippen LogP contribution in [0.5, 0.6) is 0 Å². The second-order valence-electron chi connectivity index (χ2n) is 3.98. The zero-order chi connectivity index (χ0) is 10.7. The van der Waals surface area contributed by atoms with Crippen molar-refractivity contribution in [3.8, 4) is 0 Å². The molecule has 3 N–H and O–H groups in total. The van der Waals surface area contributed by atoms with Crippen LogP contribution in [0.25, 0.3) is 0 Å². The molecular formula is C11H18N2S2. The quantitative estimate of drug-likeness (QED) is 0.848. The van der Waals surface area contributed by atoms with Gasteiger partial charge in [0.2, 0.25) is 0 Å². The van der Waals surface area contributed by atoms with Gasteiger partial charge in [-0.2, -0.15) is 11.8 Å². The first-order valence-corrected chi connectivity index (χ1v) is 7.38. The van der Waals surface area contributed by atoms with Crippen molar-refractivity contribution in [3.05, 3.63) is 21.4 Å². The van der Waals surface area contributed by atoms with Crippen LogP contribution in [-0.4, -0.2) is 18.3 Å². The summed E-state index contributed by atoms with van der Waals surface area (Å²) in [6, 6.07) is 2.78. The SMILES string of the molecule is CC(CN)NCc1cc2c(s1)CCSC2. The zero-order valence-corrected chi connectivity index (χ0v) is 10.7. The number of nitrogens with one attached hydrogen (secondary N) is 1. The molecule has 0 radical (unpaired) electrons. The summed E-state index contributed by atoms with van der Waals surface area (Å²) in [6.45, 7) is 3.81. The topological polar surface area (TPSA) is 38.0 Å². The van der Waals surface area contributed by atoms with Gasteiger partial charge in [-0.1, -0.05) is 0 Å². The maximum Gasteiger partial charge on any atom is 0.0302 e. The Morgan fingerprint density at radius 2 is 2.47 bits per heavy atom. The molecule has 84 valence electrons. The van der Waals surface area contributed by atoms with E-state index in [4.69, 9.17) is 5.73 Å². The van der Waals surface area contributed by atoms with Gasteiger partial charge >= 0.3 is 0 Å². The summed E-state index contributed by atoms with van der Waals surface area (Å²) >= 11 is 4.02. The number of rotatable bonds is 4. The van der Waals surface area contributed by atoms with Gasteiger partial charge in [-0.05, 0) is 30.7 Å². The van der Waals surface area contributed by atoms with E-state index in [1.807, 2.05) is 23.1 Å². The standard InChI is InChI=1S/C11H18N2S2/c1-8(5-12)13-6-10-4-9-7-14-3-2-11(9)15-10/h4,8,13H,2-3,5-7,12H2,1H3. The van der Waals surface area contributed by atoms with Crippen molar-refractivity contribution in [1.82, 2.24) is 5.32 Å². The maximum atomic E-state index is 5.57. The van der Waals surface area contributed by atoms with Crippen LogP contribution < -0.4 is 11.1 Å². The normalized spacial score (nSPS) is 17.5. The van der Waals surface area contributed by atoms with Crippen molar-refractivity contribution in [2.24, 2.45) is 5.73 Å². The predicted molar refractivity (Wildman–Crippen MR) is 69.5 cm³/mol. The summed E-state index contributed by atoms with van der Waals surface area (Å²) in [5, 5.41) is 3.44. The summed E-state index contributed by atoms with van der Waals surface area (Å²) in [5.74, 6) is 2.50. The number of thioether (sulfide) groups is 1. The average molecular weight is 242 g/mol. The maximum absolute atomic E-state index is 5.57. The van der Waals surface area contributed by atoms with Crippen molar-refractivity contribution < 1.29 is 0 Å². The fourth-order valence-corrected chi connectivity index (χ4v) is 3.98. The van der Waals surface area contributed by atoms with Gasteiger partial charge in [0.1, 0.15) is 0 Å². The highest BCUT2D eigenvalue weighted by molar-refractivity contribution is 7.98. The molecular weight excluding hydrogens is 224 g/mol. The number of hydrogen-bond acceptors (Lipinski definition) is 4. The van der Waals surface area contributed by atoms with Crippen LogP contribution in [0.1, 0.15) is 22.2 Å². The van der Waals surface area contributed by atoms with Gasteiger partial charge in [0.05, 0.1) is 0 Å². The highest BCUT2D eigenvalue weighted by Crippen LogP contribution is 2.31. The number of thiophene rings is 1. The third-order valence-electron chi connectivity index (χ3n) is 2.66. The molecule has 1 atom stereocenters. The van der Waals surface area contributed by atoms with Gasteiger partial charge in [-0.25, -0.2) is 0 Å². The van der Waals surface area contributed by atoms with Gasteiger partial charge in [0, 0.05) is 34.6 Å². The van der Waals surface area contributed by atoms with E-state index in [1.165, 1.54) is 22.8 Å². The predicted octanol–water partition coefficient (Wildman–Crippen LogP) is 1.97. The number of nitrogens with two attached hydrogens (primary N) is 1. The largest absolute Gasteiger partial charge is 0.329 e. The first kappa shape index (κ1) is 11.5. The van der Waals surface area contributed by atoms with E-state index in [9.17, 15) is 0 Å². The molecule has 1 unspecified atom stereocenters. The second-order valence-corrected chi connectivity index (χ2v) is 6.31. The van der Waals surface area contributed by atoms with Crippen LogP contribution >= 0.6 is 23.1 Å². The molecule has 0 aromatic carbocycles. The van der Waals surface area contributed by atoms with Gasteiger partial charge in [0.15, 0.2) is 0 Å². The molecule has 2 nitrogen and oxygen atoms in total. The van der Waals surface area contributed by atoms with Crippen LogP contribution in [0.2, 0.25) is 0 Å². The Hall–Kier alpha value is -0.0300. The molecule has 0 saturated heterocycles. The summed E-state index contributed by atoms with van der Waals surface area (Å²) in [5.41, 5.74) is 7.13. The fourth-order valence-electron chi connectivity index (χ4n) is 1.65. The monoisotopic (exact) mass is 242 g/mol. The Morgan fingerprint density at radius 3 is 3.20 bits per heavy atom. The van der Waals surface area contributed by atoms with E-state index >= 15 is 0 Å². The summed E-state index contributed by atoms with van der Waals surface area (Å²) < 4.78 is 0. The molecule has 0 bridgehead atoms. The van der Waals surface area contributed by atoms with Crippen molar-refractivity contribution in [2.75, 3.05) is 12.3 Å². The number of fused-ring (bicyclic) bond motifs is 1. The van der Waals surface area contributed by atoms with Crippen molar-refractivity contribution >= 4 is 23.1 Å². The first-order valence-electron chi connectivity index (χ1n) is 5.41. The molecule has 2 heterocycles. The molecule has 0 fully saturated rings. The van der Waals surface area contributed by atoms with E-state index in [0.717, 1.165) is 6.54 Å². The molecule has 1 aliphatic heterocycles. The Morgan fingerprint density at radius 1 is 1.60 bits per heavy atom. The minimum absolute atomic E-state index is 0.415. The zero-order valence-electron chi connectivity index (χ0n) is 9.08. The minimum atomic E-state index is 0.415. The first-order chi connectivity index (χ1) is 7.29. The summed E-state index contributed by atoms with van der Waals surface area (Å²) in [4.78, 5) is 3.06. The molecule has 1 aromatic rings. The molecule has 0 spiro atoms. The van der Waals surface area contributed by atoms with Crippen LogP contribution in [-0.2, 0) is 18.7 Å². The smallest absolute Gasteiger partial charge is 0.0302 e. The molecule has 0 aliphatic carbocycles. The lowest BCUT2D eigenvalue weighted by molar-refractivity contribution is 0.560. The molecule has 4 heteroatoms. The van der Waals surface area contributed by atoms with Crippen molar-refractivity contribution in [3.63, 3.8) is 0 Å². The minimum Gasteiger partial charge on any atom is -0.329 e. The average Bonchev–Trinajstić information content (AvgIpc) is 2.68. The number of hydrogen-bond donors (Lipinski definition) is 2. The Balaban J connectivity index is 1.94. The highest BCUT2D eigenvalue weighted by Gasteiger charge is 2.13. The van der Waals surface area contributed by atoms with E-state index in [-0.39, 0.29) is 0 Å². The lowest BCUT2D eigenvalue weighted by atomic mass is 10.2. The molecule has 0 amide bonds. The summed E-state index contributed by atoms with van der Waals surface area (Å²) in [6.07, 6.45) is 1.26. The van der Waals surface area contributed by atoms with E-state index in [2.05, 4.69) is 18.3 Å². The van der Waals surface area contributed by atoms with E-state index in [0.29, 0.717) is 12.6 Å². The molecule has 1 aromatic heterocycles. The van der Waals surface area contributed by atoms with Crippen LogP contribution in [0.15, 0.2) is 6.07 Å². The van der Waals surface area contributed by atoms with Crippen LogP contribution in [0, 0.1) is 0 Å². The van der Waals surface area contributed by atoms with Gasteiger partial charge in [-0.3, -0.25) is 0 Å². The van der Waals surface area contributed by atoms with Crippen molar-refractivity contribution in [1.29, 1.82) is 0 Å². The number of aryl methyl sites for hydroxylation is 1. The Labute approximate surface area is 99.6 Å². The summed E-state index contributed by atoms with van der Waals surface area (Å²) in [7, 11) is 0. The Kier molecular flexibility index (Phi) is 4.08. The molecule has 2 rings (SSSR count). The lowest BCUT2D eigenvalue weighted by Gasteiger charge is -2.09. The van der Waals surface area contributed by atoms with Crippen LogP contribution in [0.3, 0.4) is 0 Å². The third kappa shape index (κ3) is 2.97. The third-order valence-corrected chi connectivity index (χ3v) is 4.90.